The van der Waals surface area contributed by atoms with Crippen molar-refractivity contribution in [2.45, 2.75) is 18.9 Å². The summed E-state index contributed by atoms with van der Waals surface area (Å²) >= 11 is 2.93. The lowest BCUT2D eigenvalue weighted by Gasteiger charge is -2.37. The number of rotatable bonds is 7. The van der Waals surface area contributed by atoms with Crippen molar-refractivity contribution < 1.29 is 23.7 Å². The molecule has 1 aromatic heterocycles. The van der Waals surface area contributed by atoms with Gasteiger partial charge in [0.05, 0.1) is 21.0 Å². The topological polar surface area (TPSA) is 103 Å². The Morgan fingerprint density at radius 1 is 1.37 bits per heavy atom. The molecule has 1 atom stereocenters. The maximum atomic E-state index is 12.8. The fourth-order valence-electron chi connectivity index (χ4n) is 3.02. The second kappa shape index (κ2) is 8.41. The molecule has 154 valence electrons. The van der Waals surface area contributed by atoms with Crippen LogP contribution in [-0.4, -0.2) is 32.8 Å². The number of benzene rings is 1. The largest absolute Gasteiger partial charge is 0.465 e. The molecule has 1 fully saturated rings. The number of thioether (sulfide) groups is 2. The van der Waals surface area contributed by atoms with Crippen LogP contribution in [0.5, 0.6) is 0 Å². The van der Waals surface area contributed by atoms with Crippen molar-refractivity contribution in [3.63, 3.8) is 0 Å². The van der Waals surface area contributed by atoms with Crippen LogP contribution in [0.4, 0.5) is 5.69 Å². The summed E-state index contributed by atoms with van der Waals surface area (Å²) in [4.78, 5) is 37.2. The fraction of sp³-hybridized carbons (Fsp3) is 0.200. The van der Waals surface area contributed by atoms with Gasteiger partial charge in [-0.15, -0.1) is 11.8 Å². The van der Waals surface area contributed by atoms with E-state index in [9.17, 15) is 19.7 Å². The predicted molar refractivity (Wildman–Crippen MR) is 113 cm³/mol. The van der Waals surface area contributed by atoms with Crippen molar-refractivity contribution in [1.82, 2.24) is 4.90 Å². The summed E-state index contributed by atoms with van der Waals surface area (Å²) in [6.07, 6.45) is 3.22. The number of furan rings is 1. The van der Waals surface area contributed by atoms with Crippen LogP contribution in [0, 0.1) is 10.1 Å². The number of hydrogen-bond acceptors (Lipinski definition) is 8. The van der Waals surface area contributed by atoms with Gasteiger partial charge in [-0.05, 0) is 41.7 Å². The van der Waals surface area contributed by atoms with Crippen LogP contribution in [0.25, 0.3) is 6.08 Å². The van der Waals surface area contributed by atoms with E-state index in [0.717, 1.165) is 9.99 Å². The minimum atomic E-state index is -0.593. The first-order valence-electron chi connectivity index (χ1n) is 9.02. The van der Waals surface area contributed by atoms with Crippen LogP contribution >= 0.6 is 23.5 Å². The summed E-state index contributed by atoms with van der Waals surface area (Å²) in [7, 11) is 0. The Kier molecular flexibility index (Phi) is 5.69. The van der Waals surface area contributed by atoms with Gasteiger partial charge in [0.2, 0.25) is 0 Å². The number of ether oxygens (including phenoxy) is 1. The number of esters is 1. The van der Waals surface area contributed by atoms with Gasteiger partial charge in [-0.1, -0.05) is 18.7 Å². The smallest absolute Gasteiger partial charge is 0.357 e. The summed E-state index contributed by atoms with van der Waals surface area (Å²) < 4.78 is 11.4. The third-order valence-electron chi connectivity index (χ3n) is 4.45. The fourth-order valence-corrected chi connectivity index (χ4v) is 5.60. The molecule has 1 aromatic carbocycles. The molecule has 4 rings (SSSR count). The molecule has 0 spiro atoms. The second-order valence-corrected chi connectivity index (χ2v) is 8.95. The molecule has 2 aliphatic heterocycles. The lowest BCUT2D eigenvalue weighted by atomic mass is 10.0. The van der Waals surface area contributed by atoms with Crippen molar-refractivity contribution in [3.05, 3.63) is 79.6 Å². The highest BCUT2D eigenvalue weighted by atomic mass is 32.2. The molecule has 0 N–H and O–H groups in total. The molecule has 3 heterocycles. The van der Waals surface area contributed by atoms with E-state index in [0.29, 0.717) is 16.9 Å². The Balaban J connectivity index is 1.48. The summed E-state index contributed by atoms with van der Waals surface area (Å²) in [5.41, 5.74) is 1.41. The summed E-state index contributed by atoms with van der Waals surface area (Å²) in [5, 5.41) is 10.5. The maximum Gasteiger partial charge on any atom is 0.357 e. The number of carbonyl (C=O) groups is 2. The van der Waals surface area contributed by atoms with Gasteiger partial charge >= 0.3 is 5.97 Å². The molecule has 2 aromatic rings. The molecule has 1 amide bonds. The average molecular weight is 444 g/mol. The number of nitro groups is 1. The third-order valence-corrected chi connectivity index (χ3v) is 6.93. The Labute approximate surface area is 180 Å². The van der Waals surface area contributed by atoms with Crippen molar-refractivity contribution in [2.24, 2.45) is 0 Å². The van der Waals surface area contributed by atoms with Gasteiger partial charge in [0, 0.05) is 12.1 Å². The summed E-state index contributed by atoms with van der Waals surface area (Å²) in [6.45, 7) is 1.92. The number of carbonyl (C=O) groups excluding carboxylic acids is 2. The lowest BCUT2D eigenvalue weighted by Crippen LogP contribution is -2.51. The first-order chi connectivity index (χ1) is 14.5. The number of nitrogens with zero attached hydrogens (tertiary/aromatic N) is 2. The molecular weight excluding hydrogens is 428 g/mol. The Bertz CT molecular complexity index is 1060. The first-order valence-corrected chi connectivity index (χ1v) is 10.9. The lowest BCUT2D eigenvalue weighted by molar-refractivity contribution is -0.384. The Morgan fingerprint density at radius 2 is 2.13 bits per heavy atom. The molecule has 10 heteroatoms. The summed E-state index contributed by atoms with van der Waals surface area (Å²) in [6, 6.07) is 9.28. The number of hydrogen-bond donors (Lipinski definition) is 0. The van der Waals surface area contributed by atoms with E-state index in [2.05, 4.69) is 0 Å². The van der Waals surface area contributed by atoms with E-state index in [4.69, 9.17) is 9.15 Å². The Morgan fingerprint density at radius 3 is 2.77 bits per heavy atom. The molecule has 0 saturated carbocycles. The van der Waals surface area contributed by atoms with E-state index in [1.807, 2.05) is 6.92 Å². The zero-order valence-corrected chi connectivity index (χ0v) is 17.4. The van der Waals surface area contributed by atoms with Crippen LogP contribution in [-0.2, 0) is 20.9 Å². The van der Waals surface area contributed by atoms with E-state index >= 15 is 0 Å². The SMILES string of the molecule is CCSC1=C(C(=O)OCc2ccc([N+](=O)[O-])cc2)N2C(=O)/C(=C\c3ccco3)[C@H]2S1. The Hall–Kier alpha value is -2.98. The second-order valence-electron chi connectivity index (χ2n) is 6.33. The van der Waals surface area contributed by atoms with Gasteiger partial charge in [0.1, 0.15) is 17.7 Å². The standard InChI is InChI=1S/C20H16N2O6S2/c1-2-29-20-16(19(24)28-11-12-5-7-13(8-6-12)22(25)26)21-17(23)15(18(21)30-20)10-14-4-3-9-27-14/h3-10,18H,2,11H2,1H3/b15-10+/t18-/m1/s1. The molecule has 2 aliphatic rings. The zero-order valence-electron chi connectivity index (χ0n) is 15.8. The number of non-ortho nitro benzene ring substituents is 1. The number of nitro benzene ring substituents is 1. The monoisotopic (exact) mass is 444 g/mol. The molecule has 0 bridgehead atoms. The molecule has 0 radical (unpaired) electrons. The first kappa shape index (κ1) is 20.3. The molecule has 0 unspecified atom stereocenters. The van der Waals surface area contributed by atoms with Crippen LogP contribution in [0.15, 0.2) is 62.6 Å². The van der Waals surface area contributed by atoms with Crippen LogP contribution < -0.4 is 0 Å². The predicted octanol–water partition coefficient (Wildman–Crippen LogP) is 4.15. The van der Waals surface area contributed by atoms with Crippen molar-refractivity contribution in [3.8, 4) is 0 Å². The highest BCUT2D eigenvalue weighted by Gasteiger charge is 2.53. The minimum absolute atomic E-state index is 0.0356. The van der Waals surface area contributed by atoms with Crippen LogP contribution in [0.2, 0.25) is 0 Å². The normalized spacial score (nSPS) is 19.1. The zero-order chi connectivity index (χ0) is 21.3. The highest BCUT2D eigenvalue weighted by molar-refractivity contribution is 8.22. The molecule has 8 nitrogen and oxygen atoms in total. The summed E-state index contributed by atoms with van der Waals surface area (Å²) in [5.74, 6) is 0.480. The maximum absolute atomic E-state index is 12.8. The average Bonchev–Trinajstić information content (AvgIpc) is 3.37. The number of amides is 1. The molecule has 30 heavy (non-hydrogen) atoms. The highest BCUT2D eigenvalue weighted by Crippen LogP contribution is 2.53. The quantitative estimate of drug-likeness (QED) is 0.206. The van der Waals surface area contributed by atoms with Gasteiger partial charge in [-0.2, -0.15) is 0 Å². The van der Waals surface area contributed by atoms with Crippen molar-refractivity contribution >= 4 is 47.2 Å². The number of β-lactam (4-membered cyclic amide) rings is 1. The van der Waals surface area contributed by atoms with Crippen LogP contribution in [0.1, 0.15) is 18.2 Å². The molecule has 1 saturated heterocycles. The number of fused-ring (bicyclic) bond motifs is 1. The van der Waals surface area contributed by atoms with Crippen LogP contribution in [0.3, 0.4) is 0 Å². The van der Waals surface area contributed by atoms with E-state index < -0.39 is 10.9 Å². The third kappa shape index (κ3) is 3.75. The van der Waals surface area contributed by atoms with E-state index in [1.165, 1.54) is 59.0 Å². The van der Waals surface area contributed by atoms with E-state index in [1.54, 1.807) is 18.2 Å². The van der Waals surface area contributed by atoms with Crippen molar-refractivity contribution in [2.75, 3.05) is 5.75 Å². The van der Waals surface area contributed by atoms with Gasteiger partial charge in [-0.3, -0.25) is 19.8 Å². The van der Waals surface area contributed by atoms with Gasteiger partial charge < -0.3 is 9.15 Å². The minimum Gasteiger partial charge on any atom is -0.465 e. The van der Waals surface area contributed by atoms with Gasteiger partial charge in [0.25, 0.3) is 11.6 Å². The molecule has 0 aliphatic carbocycles. The van der Waals surface area contributed by atoms with Crippen molar-refractivity contribution in [1.29, 1.82) is 0 Å². The van der Waals surface area contributed by atoms with Gasteiger partial charge in [0.15, 0.2) is 5.70 Å². The molecular formula is C20H16N2O6S2. The van der Waals surface area contributed by atoms with E-state index in [-0.39, 0.29) is 29.3 Å². The van der Waals surface area contributed by atoms with Gasteiger partial charge in [-0.25, -0.2) is 4.79 Å².